The van der Waals surface area contributed by atoms with Crippen LogP contribution < -0.4 is 0 Å². The van der Waals surface area contributed by atoms with Gasteiger partial charge in [0, 0.05) is 17.8 Å². The van der Waals surface area contributed by atoms with Gasteiger partial charge in [0.25, 0.3) is 0 Å². The summed E-state index contributed by atoms with van der Waals surface area (Å²) in [7, 11) is 0. The molecule has 56 heavy (non-hydrogen) atoms. The minimum atomic E-state index is 0.0674. The molecule has 17 aliphatic rings. The van der Waals surface area contributed by atoms with Crippen LogP contribution in [-0.2, 0) is 14.9 Å². The van der Waals surface area contributed by atoms with Crippen molar-refractivity contribution in [3.8, 4) is 0 Å². The van der Waals surface area contributed by atoms with Crippen molar-refractivity contribution in [3.05, 3.63) is 58.7 Å². The molecule has 2 nitrogen and oxygen atoms in total. The molecule has 0 aliphatic heterocycles. The Hall–Kier alpha value is -1.83. The smallest absolute Gasteiger partial charge is 0.305 e. The summed E-state index contributed by atoms with van der Waals surface area (Å²) in [5.74, 6) is 28.6. The Bertz CT molecular complexity index is 2160. The van der Waals surface area contributed by atoms with Gasteiger partial charge in [0.05, 0.1) is 6.61 Å². The standard InChI is InChI=1S/C54H62O2/c1-20(2)19-56-30(55)9-6-10-53(28-7-4-3-5-8-28)52-29-17-26-15-23-13-24-12-21-11-22-14-25-16-27-18-54(52,53)51-37(27)42-36(25)41-32(22)31(21)39-35(24)40-33(23)34(26)43-38(29)50(51)49-47(42)45(41)44(39)46(40)48(43)49/h3-5,7-8,16,20-24,26-27,29,31,33-40,42-52H,6,9-15,17-19H2,1-2H3. The Morgan fingerprint density at radius 1 is 0.714 bits per heavy atom. The molecule has 17 aliphatic carbocycles. The lowest BCUT2D eigenvalue weighted by molar-refractivity contribution is -0.144. The average molecular weight is 743 g/mol. The molecule has 14 saturated carbocycles. The Morgan fingerprint density at radius 3 is 2.25 bits per heavy atom. The molecule has 0 amide bonds. The largest absolute Gasteiger partial charge is 0.465 e. The first kappa shape index (κ1) is 30.2. The molecule has 29 atom stereocenters. The first-order valence-electron chi connectivity index (χ1n) is 25.2. The zero-order valence-electron chi connectivity index (χ0n) is 33.7. The second kappa shape index (κ2) is 8.95. The molecule has 1 spiro atoms. The van der Waals surface area contributed by atoms with Crippen molar-refractivity contribution in [2.75, 3.05) is 6.61 Å². The van der Waals surface area contributed by atoms with Gasteiger partial charge in [-0.1, -0.05) is 67.0 Å². The monoisotopic (exact) mass is 742 g/mol. The van der Waals surface area contributed by atoms with E-state index in [-0.39, 0.29) is 11.4 Å². The van der Waals surface area contributed by atoms with Crippen molar-refractivity contribution >= 4 is 5.97 Å². The summed E-state index contributed by atoms with van der Waals surface area (Å²) in [6, 6.07) is 12.3. The molecular weight excluding hydrogens is 681 g/mol. The van der Waals surface area contributed by atoms with Gasteiger partial charge >= 0.3 is 5.97 Å². The van der Waals surface area contributed by atoms with Crippen molar-refractivity contribution in [1.82, 2.24) is 0 Å². The predicted molar refractivity (Wildman–Crippen MR) is 212 cm³/mol. The lowest BCUT2D eigenvalue weighted by atomic mass is 9.43. The topological polar surface area (TPSA) is 26.3 Å². The highest BCUT2D eigenvalue weighted by atomic mass is 16.5. The summed E-state index contributed by atoms with van der Waals surface area (Å²) < 4.78 is 5.87. The van der Waals surface area contributed by atoms with Gasteiger partial charge in [-0.25, -0.2) is 0 Å². The summed E-state index contributed by atoms with van der Waals surface area (Å²) in [6.45, 7) is 4.92. The number of benzene rings is 1. The number of hydrogen-bond donors (Lipinski definition) is 0. The molecule has 0 bridgehead atoms. The lowest BCUT2D eigenvalue weighted by Crippen LogP contribution is -2.58. The number of allylic oxidation sites excluding steroid dienone is 4. The zero-order valence-corrected chi connectivity index (χ0v) is 33.7. The molecule has 2 heteroatoms. The first-order chi connectivity index (χ1) is 27.5. The normalized spacial score (nSPS) is 67.1. The van der Waals surface area contributed by atoms with E-state index in [4.69, 9.17) is 4.74 Å². The number of hydrogen-bond acceptors (Lipinski definition) is 2. The predicted octanol–water partition coefficient (Wildman–Crippen LogP) is 10.1. The summed E-state index contributed by atoms with van der Waals surface area (Å²) >= 11 is 0. The van der Waals surface area contributed by atoms with Crippen LogP contribution in [0.5, 0.6) is 0 Å². The molecule has 0 heterocycles. The number of carbonyl (C=O) groups is 1. The molecule has 18 rings (SSSR count). The van der Waals surface area contributed by atoms with E-state index in [0.29, 0.717) is 24.4 Å². The number of carbonyl (C=O) groups excluding carboxylic acids is 1. The van der Waals surface area contributed by atoms with E-state index >= 15 is 0 Å². The Balaban J connectivity index is 0.893. The zero-order chi connectivity index (χ0) is 35.8. The van der Waals surface area contributed by atoms with Gasteiger partial charge in [0.2, 0.25) is 0 Å². The van der Waals surface area contributed by atoms with Crippen LogP contribution in [0.1, 0.15) is 83.6 Å². The highest BCUT2D eigenvalue weighted by Crippen LogP contribution is 2.98. The highest BCUT2D eigenvalue weighted by molar-refractivity contribution is 5.69. The summed E-state index contributed by atoms with van der Waals surface area (Å²) in [4.78, 5) is 13.3. The third kappa shape index (κ3) is 2.67. The van der Waals surface area contributed by atoms with Crippen molar-refractivity contribution in [2.45, 2.75) is 83.5 Å². The Labute approximate surface area is 334 Å². The van der Waals surface area contributed by atoms with E-state index in [1.165, 1.54) is 19.3 Å². The van der Waals surface area contributed by atoms with Crippen LogP contribution in [0.4, 0.5) is 0 Å². The third-order valence-electron chi connectivity index (χ3n) is 25.5. The maximum Gasteiger partial charge on any atom is 0.305 e. The first-order valence-corrected chi connectivity index (χ1v) is 25.2. The quantitative estimate of drug-likeness (QED) is 0.205. The van der Waals surface area contributed by atoms with Crippen LogP contribution in [-0.4, -0.2) is 12.6 Å². The van der Waals surface area contributed by atoms with Gasteiger partial charge in [-0.2, -0.15) is 0 Å². The van der Waals surface area contributed by atoms with Gasteiger partial charge in [-0.15, -0.1) is 0 Å². The van der Waals surface area contributed by atoms with Crippen LogP contribution >= 0.6 is 0 Å². The molecule has 14 fully saturated rings. The molecule has 1 aromatic rings. The average Bonchev–Trinajstić information content (AvgIpc) is 3.88. The Morgan fingerprint density at radius 2 is 1.41 bits per heavy atom. The second-order valence-electron chi connectivity index (χ2n) is 25.8. The fourth-order valence-electron chi connectivity index (χ4n) is 26.9. The summed E-state index contributed by atoms with van der Waals surface area (Å²) in [5, 5.41) is 0. The van der Waals surface area contributed by atoms with Crippen LogP contribution in [0.2, 0.25) is 0 Å². The van der Waals surface area contributed by atoms with E-state index in [1.54, 1.807) is 37.7 Å². The van der Waals surface area contributed by atoms with E-state index in [2.05, 4.69) is 61.4 Å². The van der Waals surface area contributed by atoms with Crippen molar-refractivity contribution in [3.63, 3.8) is 0 Å². The lowest BCUT2D eigenvalue weighted by Gasteiger charge is -2.61. The molecule has 0 saturated heterocycles. The molecule has 0 N–H and O–H groups in total. The summed E-state index contributed by atoms with van der Waals surface area (Å²) in [6.07, 6.45) is 17.2. The van der Waals surface area contributed by atoms with Gasteiger partial charge in [-0.05, 0) is 229 Å². The van der Waals surface area contributed by atoms with Crippen LogP contribution in [0.25, 0.3) is 0 Å². The highest BCUT2D eigenvalue weighted by Gasteiger charge is 2.94. The fourth-order valence-corrected chi connectivity index (χ4v) is 26.9. The second-order valence-corrected chi connectivity index (χ2v) is 25.8. The van der Waals surface area contributed by atoms with Crippen LogP contribution in [0.3, 0.4) is 0 Å². The van der Waals surface area contributed by atoms with E-state index in [1.807, 2.05) is 5.57 Å². The number of ether oxygens (including phenoxy) is 1. The molecule has 0 aromatic heterocycles. The minimum absolute atomic E-state index is 0.0674. The fraction of sp³-hybridized carbons (Fsp3) is 0.796. The number of fused-ring (bicyclic) bond motifs is 1. The maximum absolute atomic E-state index is 13.3. The molecule has 1 aromatic carbocycles. The minimum Gasteiger partial charge on any atom is -0.465 e. The van der Waals surface area contributed by atoms with Crippen LogP contribution in [0, 0.1) is 171 Å². The molecular formula is C54H62O2. The van der Waals surface area contributed by atoms with E-state index in [0.717, 1.165) is 166 Å². The van der Waals surface area contributed by atoms with Crippen molar-refractivity contribution in [2.24, 2.45) is 171 Å². The van der Waals surface area contributed by atoms with E-state index in [9.17, 15) is 4.79 Å². The van der Waals surface area contributed by atoms with Crippen LogP contribution in [0.15, 0.2) is 53.1 Å². The molecule has 29 unspecified atom stereocenters. The van der Waals surface area contributed by atoms with Gasteiger partial charge < -0.3 is 4.74 Å². The van der Waals surface area contributed by atoms with Gasteiger partial charge in [0.1, 0.15) is 0 Å². The molecule has 0 radical (unpaired) electrons. The summed E-state index contributed by atoms with van der Waals surface area (Å²) in [5.41, 5.74) is 8.96. The van der Waals surface area contributed by atoms with Gasteiger partial charge in [-0.3, -0.25) is 4.79 Å². The van der Waals surface area contributed by atoms with Crippen molar-refractivity contribution < 1.29 is 9.53 Å². The van der Waals surface area contributed by atoms with Gasteiger partial charge in [0.15, 0.2) is 0 Å². The Kier molecular flexibility index (Phi) is 4.83. The maximum atomic E-state index is 13.3. The third-order valence-corrected chi connectivity index (χ3v) is 25.5. The molecule has 290 valence electrons. The number of esters is 1. The SMILES string of the molecule is CC(C)COC(=O)CCCC1(c2ccccc2)C2C3CC4CC5CC6CC7CC8CC9=CC%10CC21C1C%10C2C9C9=C8C7C7C6C6C5C4C4C3C1C1C2C9C7C6C41. The number of rotatable bonds is 7. The van der Waals surface area contributed by atoms with E-state index < -0.39 is 0 Å². The van der Waals surface area contributed by atoms with Crippen molar-refractivity contribution in [1.29, 1.82) is 0 Å².